The number of carbonyl (C=O) groups excluding carboxylic acids is 1. The summed E-state index contributed by atoms with van der Waals surface area (Å²) in [5.41, 5.74) is 2.35. The molecule has 37 heavy (non-hydrogen) atoms. The molecule has 0 spiro atoms. The molecule has 0 radical (unpaired) electrons. The van der Waals surface area contributed by atoms with Crippen molar-refractivity contribution < 1.29 is 14.6 Å². The number of carbonyl (C=O) groups is 1. The van der Waals surface area contributed by atoms with E-state index in [9.17, 15) is 15.2 Å². The lowest BCUT2D eigenvalue weighted by atomic mass is 9.32. The largest absolute Gasteiger partial charge is 0.465 e. The zero-order chi connectivity index (χ0) is 27.0. The number of ether oxygens (including phenoxy) is 1. The molecule has 4 heteroatoms. The summed E-state index contributed by atoms with van der Waals surface area (Å²) in [4.78, 5) is 11.8. The fourth-order valence-electron chi connectivity index (χ4n) is 11.5. The summed E-state index contributed by atoms with van der Waals surface area (Å²) in [5, 5.41) is 20.5. The number of hydrogen-bond acceptors (Lipinski definition) is 4. The Bertz CT molecular complexity index is 1040. The van der Waals surface area contributed by atoms with Crippen molar-refractivity contribution in [3.8, 4) is 6.07 Å². The van der Waals surface area contributed by atoms with Crippen molar-refractivity contribution in [2.45, 2.75) is 98.8 Å². The second kappa shape index (κ2) is 8.70. The molecule has 0 aliphatic heterocycles. The monoisotopic (exact) mass is 507 g/mol. The van der Waals surface area contributed by atoms with Gasteiger partial charge in [-0.05, 0) is 116 Å². The van der Waals surface area contributed by atoms with Gasteiger partial charge in [-0.25, -0.2) is 0 Å². The first-order valence-electron chi connectivity index (χ1n) is 14.8. The van der Waals surface area contributed by atoms with Crippen molar-refractivity contribution >= 4 is 5.97 Å². The number of nitriles is 1. The Morgan fingerprint density at radius 3 is 2.41 bits per heavy atom. The molecule has 0 bridgehead atoms. The van der Waals surface area contributed by atoms with Gasteiger partial charge in [0.25, 0.3) is 0 Å². The Hall–Kier alpha value is -1.60. The summed E-state index contributed by atoms with van der Waals surface area (Å²) in [7, 11) is 0. The lowest BCUT2D eigenvalue weighted by Crippen LogP contribution is -2.66. The van der Waals surface area contributed by atoms with Crippen molar-refractivity contribution in [1.29, 1.82) is 5.26 Å². The van der Waals surface area contributed by atoms with Gasteiger partial charge < -0.3 is 9.84 Å². The van der Waals surface area contributed by atoms with Crippen LogP contribution in [0, 0.1) is 68.0 Å². The highest BCUT2D eigenvalue weighted by molar-refractivity contribution is 5.66. The third-order valence-electron chi connectivity index (χ3n) is 13.8. The lowest BCUT2D eigenvalue weighted by molar-refractivity contribution is -0.231. The maximum Gasteiger partial charge on any atom is 0.302 e. The van der Waals surface area contributed by atoms with Crippen LogP contribution in [0.1, 0.15) is 98.8 Å². The van der Waals surface area contributed by atoms with E-state index >= 15 is 0 Å². The fourth-order valence-corrected chi connectivity index (χ4v) is 11.5. The molecule has 5 fully saturated rings. The molecule has 0 aromatic rings. The van der Waals surface area contributed by atoms with Gasteiger partial charge in [0.05, 0.1) is 18.1 Å². The lowest BCUT2D eigenvalue weighted by Gasteiger charge is -2.72. The average molecular weight is 508 g/mol. The summed E-state index contributed by atoms with van der Waals surface area (Å²) in [6.45, 7) is 20.8. The molecule has 5 aliphatic carbocycles. The number of rotatable bonds is 4. The first-order valence-corrected chi connectivity index (χ1v) is 14.8. The normalized spacial score (nSPS) is 50.6. The van der Waals surface area contributed by atoms with Crippen LogP contribution >= 0.6 is 0 Å². The number of nitrogens with zero attached hydrogens (tertiary/aromatic N) is 1. The predicted molar refractivity (Wildman–Crippen MR) is 146 cm³/mol. The minimum atomic E-state index is -0.248. The van der Waals surface area contributed by atoms with E-state index < -0.39 is 0 Å². The zero-order valence-corrected chi connectivity index (χ0v) is 24.0. The second-order valence-electron chi connectivity index (χ2n) is 14.7. The third-order valence-corrected chi connectivity index (χ3v) is 13.8. The van der Waals surface area contributed by atoms with Crippen LogP contribution in [0.2, 0.25) is 0 Å². The highest BCUT2D eigenvalue weighted by atomic mass is 16.5. The van der Waals surface area contributed by atoms with Gasteiger partial charge in [-0.15, -0.1) is 0 Å². The van der Waals surface area contributed by atoms with Crippen molar-refractivity contribution in [1.82, 2.24) is 0 Å². The van der Waals surface area contributed by atoms with Crippen molar-refractivity contribution in [3.63, 3.8) is 0 Å². The molecule has 0 amide bonds. The minimum absolute atomic E-state index is 0.0383. The van der Waals surface area contributed by atoms with E-state index in [0.717, 1.165) is 44.1 Å². The van der Waals surface area contributed by atoms with E-state index in [-0.39, 0.29) is 45.6 Å². The Morgan fingerprint density at radius 2 is 1.76 bits per heavy atom. The summed E-state index contributed by atoms with van der Waals surface area (Å²) in [5.74, 6) is 1.97. The molecule has 5 rings (SSSR count). The molecule has 1 N–H and O–H groups in total. The number of aliphatic hydroxyl groups excluding tert-OH is 1. The summed E-state index contributed by atoms with van der Waals surface area (Å²) < 4.78 is 5.67. The van der Waals surface area contributed by atoms with Crippen LogP contribution < -0.4 is 0 Å². The van der Waals surface area contributed by atoms with Gasteiger partial charge in [-0.1, -0.05) is 46.4 Å². The first kappa shape index (κ1) is 27.0. The zero-order valence-electron chi connectivity index (χ0n) is 24.0. The van der Waals surface area contributed by atoms with Crippen LogP contribution in [0.15, 0.2) is 24.3 Å². The number of esters is 1. The predicted octanol–water partition coefficient (Wildman–Crippen LogP) is 7.24. The molecule has 0 aromatic heterocycles. The van der Waals surface area contributed by atoms with Gasteiger partial charge >= 0.3 is 5.97 Å². The topological polar surface area (TPSA) is 70.3 Å². The standard InChI is InChI=1S/C33H49NO3/c1-21(18-35)24-11-15-33(19-34)17-16-31(6)25(28(24)33)8-9-27-29(4)13-10-22(2)30(5,20-37-23(3)36)26(29)12-14-32(27,31)7/h24-28,35H,1-2,8-18,20H2,3-7H3. The molecule has 5 aliphatic rings. The van der Waals surface area contributed by atoms with Crippen molar-refractivity contribution in [2.75, 3.05) is 13.2 Å². The quantitative estimate of drug-likeness (QED) is 0.322. The van der Waals surface area contributed by atoms with Crippen LogP contribution in [-0.2, 0) is 9.53 Å². The summed E-state index contributed by atoms with van der Waals surface area (Å²) in [6.07, 6.45) is 11.0. The van der Waals surface area contributed by atoms with Crippen LogP contribution in [0.25, 0.3) is 0 Å². The summed E-state index contributed by atoms with van der Waals surface area (Å²) >= 11 is 0. The van der Waals surface area contributed by atoms with Gasteiger partial charge in [-0.3, -0.25) is 4.79 Å². The minimum Gasteiger partial charge on any atom is -0.465 e. The molecule has 10 unspecified atom stereocenters. The van der Waals surface area contributed by atoms with Crippen LogP contribution in [-0.4, -0.2) is 24.3 Å². The third kappa shape index (κ3) is 3.44. The number of hydrogen-bond donors (Lipinski definition) is 1. The van der Waals surface area contributed by atoms with Gasteiger partial charge in [0.1, 0.15) is 6.61 Å². The van der Waals surface area contributed by atoms with E-state index in [1.807, 2.05) is 0 Å². The maximum absolute atomic E-state index is 11.8. The number of aliphatic hydroxyl groups is 1. The van der Waals surface area contributed by atoms with E-state index in [1.165, 1.54) is 38.2 Å². The molecule has 0 aromatic carbocycles. The SMILES string of the molecule is C=C(CO)C1CCC2(C#N)CCC3(C)C(CCC4C5(C)CCC(=C)C(C)(COC(C)=O)C5CCC43C)C12. The Morgan fingerprint density at radius 1 is 1.03 bits per heavy atom. The first-order chi connectivity index (χ1) is 17.3. The van der Waals surface area contributed by atoms with Crippen molar-refractivity contribution in [3.05, 3.63) is 24.3 Å². The van der Waals surface area contributed by atoms with E-state index in [1.54, 1.807) is 0 Å². The van der Waals surface area contributed by atoms with Crippen LogP contribution in [0.4, 0.5) is 0 Å². The van der Waals surface area contributed by atoms with E-state index in [4.69, 9.17) is 4.74 Å². The van der Waals surface area contributed by atoms with E-state index in [2.05, 4.69) is 46.9 Å². The van der Waals surface area contributed by atoms with Gasteiger partial charge in [0, 0.05) is 12.3 Å². The van der Waals surface area contributed by atoms with Crippen molar-refractivity contribution in [2.24, 2.45) is 56.7 Å². The molecule has 5 saturated carbocycles. The highest BCUT2D eigenvalue weighted by Crippen LogP contribution is 2.77. The van der Waals surface area contributed by atoms with Gasteiger partial charge in [0.2, 0.25) is 0 Å². The smallest absolute Gasteiger partial charge is 0.302 e. The van der Waals surface area contributed by atoms with E-state index in [0.29, 0.717) is 30.3 Å². The van der Waals surface area contributed by atoms with Gasteiger partial charge in [-0.2, -0.15) is 5.26 Å². The van der Waals surface area contributed by atoms with Crippen LogP contribution in [0.5, 0.6) is 0 Å². The van der Waals surface area contributed by atoms with Gasteiger partial charge in [0.15, 0.2) is 0 Å². The average Bonchev–Trinajstić information content (AvgIpc) is 3.25. The van der Waals surface area contributed by atoms with Crippen LogP contribution in [0.3, 0.4) is 0 Å². The molecule has 0 saturated heterocycles. The molecule has 10 atom stereocenters. The highest BCUT2D eigenvalue weighted by Gasteiger charge is 2.71. The molecule has 0 heterocycles. The molecule has 4 nitrogen and oxygen atoms in total. The Balaban J connectivity index is 1.52. The summed E-state index contributed by atoms with van der Waals surface area (Å²) in [6, 6.07) is 2.84. The number of fused-ring (bicyclic) bond motifs is 7. The maximum atomic E-state index is 11.8. The molecule has 204 valence electrons. The second-order valence-corrected chi connectivity index (χ2v) is 14.7. The Kier molecular flexibility index (Phi) is 6.35. The molecular weight excluding hydrogens is 458 g/mol. The molecular formula is C33H49NO3. The Labute approximate surface area is 224 Å². The fraction of sp³-hybridized carbons (Fsp3) is 0.818.